The van der Waals surface area contributed by atoms with E-state index in [2.05, 4.69) is 74.4 Å². The number of phenolic OH excluding ortho intramolecular Hbond substituents is 1. The third kappa shape index (κ3) is 2.72. The molecule has 0 bridgehead atoms. The van der Waals surface area contributed by atoms with Gasteiger partial charge in [0.05, 0.1) is 0 Å². The summed E-state index contributed by atoms with van der Waals surface area (Å²) in [5.74, 6) is 0.323. The van der Waals surface area contributed by atoms with Crippen molar-refractivity contribution < 1.29 is 5.11 Å². The molecule has 3 aromatic carbocycles. The maximum absolute atomic E-state index is 10.6. The molecule has 118 valence electrons. The van der Waals surface area contributed by atoms with Crippen LogP contribution in [0.2, 0.25) is 0 Å². The average molecular weight is 442 g/mol. The Balaban J connectivity index is 2.05. The highest BCUT2D eigenvalue weighted by molar-refractivity contribution is 9.12. The maximum Gasteiger partial charge on any atom is 0.123 e. The number of fused-ring (bicyclic) bond motifs is 2. The van der Waals surface area contributed by atoms with Crippen LogP contribution in [0.4, 0.5) is 0 Å². The van der Waals surface area contributed by atoms with Gasteiger partial charge in [0.1, 0.15) is 5.75 Å². The molecule has 0 unspecified atom stereocenters. The third-order valence-corrected chi connectivity index (χ3v) is 5.32. The quantitative estimate of drug-likeness (QED) is 0.439. The Morgan fingerprint density at radius 1 is 0.958 bits per heavy atom. The van der Waals surface area contributed by atoms with Gasteiger partial charge in [-0.2, -0.15) is 0 Å². The van der Waals surface area contributed by atoms with Crippen LogP contribution in [0.3, 0.4) is 0 Å². The lowest BCUT2D eigenvalue weighted by atomic mass is 9.90. The van der Waals surface area contributed by atoms with Crippen LogP contribution in [0.1, 0.15) is 11.1 Å². The van der Waals surface area contributed by atoms with E-state index in [1.54, 1.807) is 6.07 Å². The normalized spacial score (nSPS) is 13.5. The van der Waals surface area contributed by atoms with Crippen LogP contribution in [-0.4, -0.2) is 5.11 Å². The number of aromatic hydroxyl groups is 1. The summed E-state index contributed by atoms with van der Waals surface area (Å²) >= 11 is 7.09. The van der Waals surface area contributed by atoms with Crippen LogP contribution >= 0.6 is 31.9 Å². The third-order valence-electron chi connectivity index (χ3n) is 4.33. The summed E-state index contributed by atoms with van der Waals surface area (Å²) in [6, 6.07) is 16.2. The van der Waals surface area contributed by atoms with E-state index < -0.39 is 0 Å². The van der Waals surface area contributed by atoms with Gasteiger partial charge in [0.2, 0.25) is 0 Å². The summed E-state index contributed by atoms with van der Waals surface area (Å²) in [6.45, 7) is 0. The highest BCUT2D eigenvalue weighted by Gasteiger charge is 2.16. The first-order chi connectivity index (χ1) is 11.6. The van der Waals surface area contributed by atoms with E-state index in [0.29, 0.717) is 5.75 Å². The van der Waals surface area contributed by atoms with Crippen molar-refractivity contribution in [3.05, 3.63) is 80.8 Å². The van der Waals surface area contributed by atoms with Crippen LogP contribution in [0, 0.1) is 0 Å². The molecule has 0 radical (unpaired) electrons. The Hall–Kier alpha value is -1.84. The monoisotopic (exact) mass is 440 g/mol. The van der Waals surface area contributed by atoms with Crippen molar-refractivity contribution in [3.8, 4) is 16.9 Å². The molecular weight excluding hydrogens is 428 g/mol. The number of halogens is 2. The van der Waals surface area contributed by atoms with Gasteiger partial charge in [0.25, 0.3) is 0 Å². The van der Waals surface area contributed by atoms with Gasteiger partial charge in [-0.25, -0.2) is 0 Å². The second-order valence-corrected chi connectivity index (χ2v) is 7.67. The molecule has 0 aromatic heterocycles. The fourth-order valence-corrected chi connectivity index (χ4v) is 4.08. The lowest BCUT2D eigenvalue weighted by molar-refractivity contribution is 0.477. The standard InChI is InChI=1S/C21H14Br2O/c22-15-4-2-5-18-14(12-15)7-10-20(24)21(18)19-6-1-3-13-11-16(23)8-9-17(13)19/h1-4,6-12,24H,5H2. The number of hydrogen-bond donors (Lipinski definition) is 1. The molecule has 1 nitrogen and oxygen atoms in total. The van der Waals surface area contributed by atoms with Crippen molar-refractivity contribution >= 4 is 48.7 Å². The van der Waals surface area contributed by atoms with E-state index in [1.165, 1.54) is 0 Å². The van der Waals surface area contributed by atoms with Crippen molar-refractivity contribution in [3.63, 3.8) is 0 Å². The van der Waals surface area contributed by atoms with Crippen LogP contribution in [0.15, 0.2) is 69.6 Å². The number of hydrogen-bond acceptors (Lipinski definition) is 1. The molecule has 0 amide bonds. The molecule has 3 heteroatoms. The van der Waals surface area contributed by atoms with Crippen LogP contribution in [-0.2, 0) is 6.42 Å². The molecule has 0 heterocycles. The molecule has 0 saturated carbocycles. The molecule has 1 aliphatic carbocycles. The number of allylic oxidation sites excluding steroid dienone is 3. The van der Waals surface area contributed by atoms with Gasteiger partial charge in [-0.15, -0.1) is 0 Å². The number of benzene rings is 3. The molecule has 0 fully saturated rings. The van der Waals surface area contributed by atoms with Gasteiger partial charge in [-0.3, -0.25) is 0 Å². The molecule has 0 spiro atoms. The molecule has 0 aliphatic heterocycles. The summed E-state index contributed by atoms with van der Waals surface area (Å²) in [7, 11) is 0. The van der Waals surface area contributed by atoms with Crippen molar-refractivity contribution in [2.45, 2.75) is 6.42 Å². The van der Waals surface area contributed by atoms with E-state index in [4.69, 9.17) is 0 Å². The van der Waals surface area contributed by atoms with Crippen LogP contribution in [0.5, 0.6) is 5.75 Å². The topological polar surface area (TPSA) is 20.2 Å². The Kier molecular flexibility index (Phi) is 4.07. The SMILES string of the molecule is Oc1ccc2c(c1-c1cccc3cc(Br)ccc13)CC=CC(Br)=C2. The zero-order valence-electron chi connectivity index (χ0n) is 12.8. The Bertz CT molecular complexity index is 1020. The van der Waals surface area contributed by atoms with E-state index in [0.717, 1.165) is 48.4 Å². The average Bonchev–Trinajstić information content (AvgIpc) is 2.75. The van der Waals surface area contributed by atoms with Crippen molar-refractivity contribution in [1.29, 1.82) is 0 Å². The Morgan fingerprint density at radius 2 is 1.83 bits per heavy atom. The second kappa shape index (κ2) is 6.23. The molecule has 1 aliphatic rings. The van der Waals surface area contributed by atoms with Gasteiger partial charge in [-0.05, 0) is 58.2 Å². The smallest absolute Gasteiger partial charge is 0.123 e. The Labute approximate surface area is 157 Å². The largest absolute Gasteiger partial charge is 0.507 e. The number of rotatable bonds is 1. The van der Waals surface area contributed by atoms with E-state index in [1.807, 2.05) is 18.2 Å². The van der Waals surface area contributed by atoms with Gasteiger partial charge in [-0.1, -0.05) is 74.3 Å². The zero-order valence-corrected chi connectivity index (χ0v) is 15.9. The maximum atomic E-state index is 10.6. The van der Waals surface area contributed by atoms with Gasteiger partial charge in [0, 0.05) is 14.5 Å². The minimum atomic E-state index is 0.323. The van der Waals surface area contributed by atoms with Crippen molar-refractivity contribution in [2.24, 2.45) is 0 Å². The first-order valence-electron chi connectivity index (χ1n) is 7.71. The fourth-order valence-electron chi connectivity index (χ4n) is 3.27. The minimum Gasteiger partial charge on any atom is -0.507 e. The van der Waals surface area contributed by atoms with Crippen LogP contribution in [0.25, 0.3) is 28.0 Å². The van der Waals surface area contributed by atoms with Crippen molar-refractivity contribution in [1.82, 2.24) is 0 Å². The summed E-state index contributed by atoms with van der Waals surface area (Å²) < 4.78 is 2.10. The highest BCUT2D eigenvalue weighted by atomic mass is 79.9. The zero-order chi connectivity index (χ0) is 16.7. The van der Waals surface area contributed by atoms with Gasteiger partial charge in [0.15, 0.2) is 0 Å². The summed E-state index contributed by atoms with van der Waals surface area (Å²) in [5.41, 5.74) is 4.27. The first kappa shape index (κ1) is 15.7. The van der Waals surface area contributed by atoms with Crippen molar-refractivity contribution in [2.75, 3.05) is 0 Å². The van der Waals surface area contributed by atoms with Gasteiger partial charge >= 0.3 is 0 Å². The lowest BCUT2D eigenvalue weighted by Gasteiger charge is -2.15. The van der Waals surface area contributed by atoms with E-state index >= 15 is 0 Å². The second-order valence-electron chi connectivity index (χ2n) is 5.83. The predicted octanol–water partition coefficient (Wildman–Crippen LogP) is 6.82. The fraction of sp³-hybridized carbons (Fsp3) is 0.0476. The highest BCUT2D eigenvalue weighted by Crippen LogP contribution is 2.41. The number of phenols is 1. The predicted molar refractivity (Wildman–Crippen MR) is 108 cm³/mol. The summed E-state index contributed by atoms with van der Waals surface area (Å²) in [4.78, 5) is 0. The van der Waals surface area contributed by atoms with Crippen LogP contribution < -0.4 is 0 Å². The molecule has 1 N–H and O–H groups in total. The molecule has 3 aromatic rings. The lowest BCUT2D eigenvalue weighted by Crippen LogP contribution is -1.94. The Morgan fingerprint density at radius 3 is 2.71 bits per heavy atom. The summed E-state index contributed by atoms with van der Waals surface area (Å²) in [5, 5.41) is 12.9. The molecule has 4 rings (SSSR count). The minimum absolute atomic E-state index is 0.323. The molecule has 0 saturated heterocycles. The van der Waals surface area contributed by atoms with Gasteiger partial charge < -0.3 is 5.11 Å². The first-order valence-corrected chi connectivity index (χ1v) is 9.29. The molecule has 24 heavy (non-hydrogen) atoms. The van der Waals surface area contributed by atoms with E-state index in [9.17, 15) is 5.11 Å². The summed E-state index contributed by atoms with van der Waals surface area (Å²) in [6.07, 6.45) is 7.07. The molecule has 0 atom stereocenters. The van der Waals surface area contributed by atoms with E-state index in [-0.39, 0.29) is 0 Å². The molecular formula is C21H14Br2O.